The van der Waals surface area contributed by atoms with Crippen molar-refractivity contribution in [2.45, 2.75) is 31.0 Å². The fourth-order valence-corrected chi connectivity index (χ4v) is 6.38. The lowest BCUT2D eigenvalue weighted by Gasteiger charge is -2.50. The predicted molar refractivity (Wildman–Crippen MR) is 141 cm³/mol. The summed E-state index contributed by atoms with van der Waals surface area (Å²) in [6, 6.07) is 0.611. The van der Waals surface area contributed by atoms with Gasteiger partial charge in [-0.1, -0.05) is 0 Å². The highest BCUT2D eigenvalue weighted by Gasteiger charge is 2.64. The molecule has 1 unspecified atom stereocenters. The zero-order valence-corrected chi connectivity index (χ0v) is 22.7. The Morgan fingerprint density at radius 2 is 1.79 bits per heavy atom. The molecule has 12 heteroatoms. The highest BCUT2D eigenvalue weighted by molar-refractivity contribution is 6.24. The van der Waals surface area contributed by atoms with Gasteiger partial charge in [-0.3, -0.25) is 24.2 Å². The summed E-state index contributed by atoms with van der Waals surface area (Å²) in [6.07, 6.45) is 0.205. The molecule has 0 bridgehead atoms. The summed E-state index contributed by atoms with van der Waals surface area (Å²) in [5.74, 6) is -6.90. The number of aromatic hydroxyl groups is 1. The second kappa shape index (κ2) is 9.92. The Morgan fingerprint density at radius 1 is 1.15 bits per heavy atom. The van der Waals surface area contributed by atoms with Crippen molar-refractivity contribution in [2.24, 2.45) is 17.6 Å². The number of aliphatic hydroxyl groups excluding tert-OH is 2. The summed E-state index contributed by atoms with van der Waals surface area (Å²) in [4.78, 5) is 44.2. The van der Waals surface area contributed by atoms with Crippen LogP contribution >= 0.6 is 0 Å². The number of phenols is 1. The summed E-state index contributed by atoms with van der Waals surface area (Å²) < 4.78 is 12.9. The Kier molecular flexibility index (Phi) is 7.26. The summed E-state index contributed by atoms with van der Waals surface area (Å²) in [5.41, 5.74) is 3.26. The number of nitrogens with zero attached hydrogens (tertiary/aromatic N) is 3. The van der Waals surface area contributed by atoms with Crippen LogP contribution in [0, 0.1) is 11.8 Å². The maximum atomic E-state index is 14.0. The van der Waals surface area contributed by atoms with Gasteiger partial charge in [-0.05, 0) is 51.5 Å². The Balaban J connectivity index is 1.96. The van der Waals surface area contributed by atoms with Crippen molar-refractivity contribution in [1.82, 2.24) is 9.80 Å². The van der Waals surface area contributed by atoms with Gasteiger partial charge in [0.15, 0.2) is 11.4 Å². The van der Waals surface area contributed by atoms with Crippen LogP contribution in [-0.4, -0.2) is 108 Å². The number of anilines is 1. The van der Waals surface area contributed by atoms with E-state index in [1.54, 1.807) is 51.1 Å². The Morgan fingerprint density at radius 3 is 2.33 bits per heavy atom. The number of carbonyl (C=O) groups is 3. The van der Waals surface area contributed by atoms with E-state index in [1.165, 1.54) is 4.90 Å². The molecule has 0 heterocycles. The summed E-state index contributed by atoms with van der Waals surface area (Å²) in [5, 5.41) is 45.4. The topological polar surface area (TPSA) is 168 Å². The maximum absolute atomic E-state index is 14.0. The minimum Gasteiger partial charge on any atom is -0.508 e. The number of amides is 1. The van der Waals surface area contributed by atoms with Gasteiger partial charge >= 0.3 is 0 Å². The van der Waals surface area contributed by atoms with Crippen LogP contribution in [0.5, 0.6) is 5.75 Å². The minimum atomic E-state index is -2.69. The minimum absolute atomic E-state index is 0.0143. The molecule has 39 heavy (non-hydrogen) atoms. The fraction of sp³-hybridized carbons (Fsp3) is 0.519. The van der Waals surface area contributed by atoms with Crippen molar-refractivity contribution >= 4 is 28.9 Å². The number of phenolic OH excluding ortho intramolecular Hbond substituents is 1. The molecular formula is C27H35FN4O7. The summed E-state index contributed by atoms with van der Waals surface area (Å²) in [6.45, 7) is -0.307. The lowest BCUT2D eigenvalue weighted by molar-refractivity contribution is -0.153. The van der Waals surface area contributed by atoms with Gasteiger partial charge in [0.1, 0.15) is 29.5 Å². The molecule has 3 aliphatic carbocycles. The van der Waals surface area contributed by atoms with Crippen LogP contribution in [0.4, 0.5) is 10.1 Å². The monoisotopic (exact) mass is 546 g/mol. The van der Waals surface area contributed by atoms with Crippen LogP contribution in [0.15, 0.2) is 23.0 Å². The number of benzene rings is 1. The Labute approximate surface area is 225 Å². The average molecular weight is 547 g/mol. The van der Waals surface area contributed by atoms with E-state index in [4.69, 9.17) is 5.73 Å². The summed E-state index contributed by atoms with van der Waals surface area (Å²) >= 11 is 0. The molecule has 11 nitrogen and oxygen atoms in total. The van der Waals surface area contributed by atoms with Crippen molar-refractivity contribution in [1.29, 1.82) is 0 Å². The van der Waals surface area contributed by atoms with E-state index in [-0.39, 0.29) is 42.8 Å². The van der Waals surface area contributed by atoms with Crippen molar-refractivity contribution in [2.75, 3.05) is 53.4 Å². The average Bonchev–Trinajstić information content (AvgIpc) is 2.82. The number of Topliss-reactive ketones (excluding diaryl/α,β-unsaturated/α-hetero) is 2. The molecule has 212 valence electrons. The zero-order chi connectivity index (χ0) is 29.1. The van der Waals surface area contributed by atoms with E-state index in [0.717, 1.165) is 0 Å². The molecule has 0 spiro atoms. The smallest absolute Gasteiger partial charge is 0.255 e. The van der Waals surface area contributed by atoms with E-state index >= 15 is 0 Å². The Bertz CT molecular complexity index is 1320. The third kappa shape index (κ3) is 4.17. The Hall–Kier alpha value is -3.48. The van der Waals surface area contributed by atoms with Crippen LogP contribution in [0.2, 0.25) is 0 Å². The molecule has 6 N–H and O–H groups in total. The van der Waals surface area contributed by atoms with Crippen molar-refractivity contribution in [3.8, 4) is 5.75 Å². The molecular weight excluding hydrogens is 511 g/mol. The normalized spacial score (nSPS) is 26.6. The van der Waals surface area contributed by atoms with E-state index in [9.17, 15) is 39.2 Å². The number of carbonyl (C=O) groups excluding carboxylic acids is 3. The first-order chi connectivity index (χ1) is 18.2. The van der Waals surface area contributed by atoms with Gasteiger partial charge in [0.2, 0.25) is 5.78 Å². The molecule has 4 rings (SSSR count). The molecule has 1 saturated carbocycles. The number of rotatable bonds is 7. The maximum Gasteiger partial charge on any atom is 0.255 e. The van der Waals surface area contributed by atoms with Crippen LogP contribution in [0.3, 0.4) is 0 Å². The third-order valence-electron chi connectivity index (χ3n) is 8.16. The van der Waals surface area contributed by atoms with Crippen molar-refractivity contribution in [3.63, 3.8) is 0 Å². The molecule has 4 atom stereocenters. The van der Waals surface area contributed by atoms with Crippen molar-refractivity contribution < 1.29 is 39.2 Å². The van der Waals surface area contributed by atoms with Gasteiger partial charge in [-0.25, -0.2) is 4.39 Å². The molecule has 1 amide bonds. The molecule has 1 fully saturated rings. The van der Waals surface area contributed by atoms with E-state index < -0.39 is 64.7 Å². The van der Waals surface area contributed by atoms with E-state index in [1.807, 2.05) is 0 Å². The quantitative estimate of drug-likeness (QED) is 0.303. The lowest BCUT2D eigenvalue weighted by Crippen LogP contribution is -2.65. The van der Waals surface area contributed by atoms with Gasteiger partial charge < -0.3 is 31.1 Å². The molecule has 0 aliphatic heterocycles. The number of fused-ring (bicyclic) bond motifs is 3. The first-order valence-corrected chi connectivity index (χ1v) is 12.6. The number of ketones is 2. The third-order valence-corrected chi connectivity index (χ3v) is 8.16. The first kappa shape index (κ1) is 28.5. The number of aliphatic hydroxyl groups is 3. The van der Waals surface area contributed by atoms with Gasteiger partial charge in [0.05, 0.1) is 11.6 Å². The number of alkyl halides is 1. The molecule has 1 aromatic carbocycles. The van der Waals surface area contributed by atoms with Gasteiger partial charge in [0.25, 0.3) is 5.91 Å². The second-order valence-electron chi connectivity index (χ2n) is 11.0. The highest BCUT2D eigenvalue weighted by atomic mass is 19.1. The SMILES string of the molecule is CN(CCF)Cc1cc(N(C)C)c2c(c1O)C(O)=C1C(=O)[C@]3(O)C(O)=C(C(N)=O)C(=O)C(N(C)C)[C@@H]3C[C@@H]1C2. The number of primary amides is 1. The first-order valence-electron chi connectivity index (χ1n) is 12.6. The largest absolute Gasteiger partial charge is 0.508 e. The van der Waals surface area contributed by atoms with Gasteiger partial charge in [-0.15, -0.1) is 0 Å². The number of hydrogen-bond donors (Lipinski definition) is 5. The van der Waals surface area contributed by atoms with Crippen LogP contribution in [0.1, 0.15) is 23.1 Å². The number of hydrogen-bond acceptors (Lipinski definition) is 10. The van der Waals surface area contributed by atoms with E-state index in [0.29, 0.717) is 16.8 Å². The number of likely N-dealkylation sites (N-methyl/N-ethyl adjacent to an activating group) is 1. The zero-order valence-electron chi connectivity index (χ0n) is 22.7. The molecule has 0 saturated heterocycles. The summed E-state index contributed by atoms with van der Waals surface area (Å²) in [7, 11) is 8.37. The fourth-order valence-electron chi connectivity index (χ4n) is 6.38. The number of halogens is 1. The van der Waals surface area contributed by atoms with Gasteiger partial charge in [-0.2, -0.15) is 0 Å². The molecule has 1 aromatic rings. The predicted octanol–water partition coefficient (Wildman–Crippen LogP) is 0.431. The van der Waals surface area contributed by atoms with Crippen molar-refractivity contribution in [3.05, 3.63) is 39.7 Å². The van der Waals surface area contributed by atoms with Gasteiger partial charge in [0, 0.05) is 49.9 Å². The standard InChI is InChI=1S/C27H35FN4O7/c1-30(2)16-10-13(11-32(5)7-6-28)21(33)18-14(16)8-12-9-15-20(31(3)4)23(35)19(26(29)38)25(37)27(15,39)24(36)17(12)22(18)34/h10,12,15,20,33-34,37,39H,6-9,11H2,1-5H3,(H2,29,38)/t12-,15-,20?,27-/m0/s1. The highest BCUT2D eigenvalue weighted by Crippen LogP contribution is 2.54. The molecule has 0 aromatic heterocycles. The van der Waals surface area contributed by atoms with E-state index in [2.05, 4.69) is 0 Å². The molecule has 3 aliphatic rings. The number of nitrogens with two attached hydrogens (primary N) is 1. The second-order valence-corrected chi connectivity index (χ2v) is 11.0. The van der Waals surface area contributed by atoms with Crippen LogP contribution in [-0.2, 0) is 27.3 Å². The van der Waals surface area contributed by atoms with Crippen LogP contribution in [0.25, 0.3) is 5.76 Å². The lowest BCUT2D eigenvalue weighted by atomic mass is 9.57. The van der Waals surface area contributed by atoms with Crippen LogP contribution < -0.4 is 10.6 Å². The molecule has 0 radical (unpaired) electrons.